The molecule has 90 valence electrons. The number of hydrogen-bond donors (Lipinski definition) is 1. The minimum Gasteiger partial charge on any atom is -0.469 e. The first-order valence-corrected chi connectivity index (χ1v) is 5.91. The molecule has 1 aromatic heterocycles. The van der Waals surface area contributed by atoms with Gasteiger partial charge in [-0.2, -0.15) is 0 Å². The Labute approximate surface area is 102 Å². The molecule has 0 fully saturated rings. The first-order chi connectivity index (χ1) is 8.13. The Balaban J connectivity index is 2.00. The van der Waals surface area contributed by atoms with Crippen molar-refractivity contribution in [3.05, 3.63) is 59.0 Å². The summed E-state index contributed by atoms with van der Waals surface area (Å²) in [5, 5.41) is 10.00. The second kappa shape index (κ2) is 5.19. The summed E-state index contributed by atoms with van der Waals surface area (Å²) in [6, 6.07) is 10.1. The van der Waals surface area contributed by atoms with E-state index in [1.807, 2.05) is 12.1 Å². The molecular formula is C15H18O2. The molecule has 1 aromatic carbocycles. The van der Waals surface area contributed by atoms with E-state index in [-0.39, 0.29) is 6.10 Å². The molecule has 0 saturated heterocycles. The van der Waals surface area contributed by atoms with Crippen molar-refractivity contribution in [2.75, 3.05) is 0 Å². The van der Waals surface area contributed by atoms with Gasteiger partial charge in [-0.05, 0) is 38.0 Å². The lowest BCUT2D eigenvalue weighted by molar-refractivity contribution is 0.168. The van der Waals surface area contributed by atoms with Gasteiger partial charge in [0.25, 0.3) is 0 Å². The minimum atomic E-state index is -0.387. The fraction of sp³-hybridized carbons (Fsp3) is 0.333. The molecule has 2 rings (SSSR count). The maximum absolute atomic E-state index is 10.00. The molecule has 0 aliphatic rings. The van der Waals surface area contributed by atoms with Gasteiger partial charge in [-0.3, -0.25) is 0 Å². The van der Waals surface area contributed by atoms with E-state index in [2.05, 4.69) is 32.0 Å². The number of benzene rings is 1. The molecule has 0 saturated carbocycles. The Hall–Kier alpha value is -1.54. The fourth-order valence-electron chi connectivity index (χ4n) is 2.19. The van der Waals surface area contributed by atoms with E-state index in [0.717, 1.165) is 5.76 Å². The zero-order chi connectivity index (χ0) is 12.3. The van der Waals surface area contributed by atoms with Gasteiger partial charge in [-0.1, -0.05) is 29.3 Å². The third-order valence-electron chi connectivity index (χ3n) is 2.77. The van der Waals surface area contributed by atoms with Crippen LogP contribution in [0.3, 0.4) is 0 Å². The Morgan fingerprint density at radius 1 is 1.12 bits per heavy atom. The molecule has 2 nitrogen and oxygen atoms in total. The summed E-state index contributed by atoms with van der Waals surface area (Å²) in [6.45, 7) is 4.16. The molecule has 2 heteroatoms. The molecule has 17 heavy (non-hydrogen) atoms. The third kappa shape index (κ3) is 3.46. The lowest BCUT2D eigenvalue weighted by atomic mass is 10.0. The highest BCUT2D eigenvalue weighted by Crippen LogP contribution is 2.13. The largest absolute Gasteiger partial charge is 0.469 e. The normalized spacial score (nSPS) is 12.6. The van der Waals surface area contributed by atoms with Crippen LogP contribution in [0.4, 0.5) is 0 Å². The van der Waals surface area contributed by atoms with Crippen LogP contribution in [0.2, 0.25) is 0 Å². The minimum absolute atomic E-state index is 0.387. The topological polar surface area (TPSA) is 33.4 Å². The summed E-state index contributed by atoms with van der Waals surface area (Å²) in [5.74, 6) is 0.835. The van der Waals surface area contributed by atoms with E-state index in [0.29, 0.717) is 12.8 Å². The molecule has 0 bridgehead atoms. The van der Waals surface area contributed by atoms with Crippen LogP contribution >= 0.6 is 0 Å². The van der Waals surface area contributed by atoms with Crippen LogP contribution in [0.5, 0.6) is 0 Å². The molecule has 0 spiro atoms. The van der Waals surface area contributed by atoms with E-state index in [9.17, 15) is 5.11 Å². The summed E-state index contributed by atoms with van der Waals surface area (Å²) < 4.78 is 5.23. The van der Waals surface area contributed by atoms with Crippen molar-refractivity contribution in [2.45, 2.75) is 32.8 Å². The third-order valence-corrected chi connectivity index (χ3v) is 2.77. The smallest absolute Gasteiger partial charge is 0.106 e. The highest BCUT2D eigenvalue weighted by atomic mass is 16.3. The average Bonchev–Trinajstić information content (AvgIpc) is 2.67. The number of hydrogen-bond acceptors (Lipinski definition) is 2. The number of furan rings is 1. The van der Waals surface area contributed by atoms with Crippen LogP contribution in [0.15, 0.2) is 41.0 Å². The maximum Gasteiger partial charge on any atom is 0.106 e. The first-order valence-electron chi connectivity index (χ1n) is 5.91. The van der Waals surface area contributed by atoms with Crippen molar-refractivity contribution >= 4 is 0 Å². The zero-order valence-corrected chi connectivity index (χ0v) is 10.3. The molecule has 2 aromatic rings. The Bertz CT molecular complexity index is 451. The first kappa shape index (κ1) is 11.9. The van der Waals surface area contributed by atoms with Crippen molar-refractivity contribution in [2.24, 2.45) is 0 Å². The van der Waals surface area contributed by atoms with Crippen molar-refractivity contribution in [3.63, 3.8) is 0 Å². The standard InChI is InChI=1S/C15H18O2/c1-11-6-12(2)8-13(7-11)9-14(16)10-15-4-3-5-17-15/h3-8,14,16H,9-10H2,1-2H3. The molecule has 1 atom stereocenters. The van der Waals surface area contributed by atoms with Crippen LogP contribution < -0.4 is 0 Å². The van der Waals surface area contributed by atoms with Gasteiger partial charge in [0.2, 0.25) is 0 Å². The lowest BCUT2D eigenvalue weighted by Crippen LogP contribution is -2.13. The fourth-order valence-corrected chi connectivity index (χ4v) is 2.19. The van der Waals surface area contributed by atoms with Gasteiger partial charge in [-0.25, -0.2) is 0 Å². The van der Waals surface area contributed by atoms with Gasteiger partial charge < -0.3 is 9.52 Å². The van der Waals surface area contributed by atoms with Crippen LogP contribution in [-0.4, -0.2) is 11.2 Å². The summed E-state index contributed by atoms with van der Waals surface area (Å²) in [6.07, 6.45) is 2.49. The summed E-state index contributed by atoms with van der Waals surface area (Å²) in [5.41, 5.74) is 3.66. The molecule has 1 unspecified atom stereocenters. The number of aliphatic hydroxyl groups excluding tert-OH is 1. The Morgan fingerprint density at radius 2 is 1.82 bits per heavy atom. The van der Waals surface area contributed by atoms with Gasteiger partial charge >= 0.3 is 0 Å². The average molecular weight is 230 g/mol. The van der Waals surface area contributed by atoms with Crippen molar-refractivity contribution in [1.82, 2.24) is 0 Å². The SMILES string of the molecule is Cc1cc(C)cc(CC(O)Cc2ccco2)c1. The van der Waals surface area contributed by atoms with E-state index < -0.39 is 0 Å². The molecule has 1 heterocycles. The second-order valence-electron chi connectivity index (χ2n) is 4.64. The summed E-state index contributed by atoms with van der Waals surface area (Å²) >= 11 is 0. The van der Waals surface area contributed by atoms with Crippen molar-refractivity contribution in [3.8, 4) is 0 Å². The highest BCUT2D eigenvalue weighted by Gasteiger charge is 2.09. The highest BCUT2D eigenvalue weighted by molar-refractivity contribution is 5.29. The van der Waals surface area contributed by atoms with Gasteiger partial charge in [-0.15, -0.1) is 0 Å². The van der Waals surface area contributed by atoms with Crippen molar-refractivity contribution in [1.29, 1.82) is 0 Å². The summed E-state index contributed by atoms with van der Waals surface area (Å²) in [4.78, 5) is 0. The Kier molecular flexibility index (Phi) is 3.64. The van der Waals surface area contributed by atoms with Gasteiger partial charge in [0, 0.05) is 6.42 Å². The van der Waals surface area contributed by atoms with E-state index in [1.54, 1.807) is 6.26 Å². The van der Waals surface area contributed by atoms with E-state index in [1.165, 1.54) is 16.7 Å². The van der Waals surface area contributed by atoms with Gasteiger partial charge in [0.05, 0.1) is 12.4 Å². The second-order valence-corrected chi connectivity index (χ2v) is 4.64. The van der Waals surface area contributed by atoms with E-state index >= 15 is 0 Å². The summed E-state index contributed by atoms with van der Waals surface area (Å²) in [7, 11) is 0. The molecule has 1 N–H and O–H groups in total. The zero-order valence-electron chi connectivity index (χ0n) is 10.3. The van der Waals surface area contributed by atoms with Crippen LogP contribution in [0.25, 0.3) is 0 Å². The quantitative estimate of drug-likeness (QED) is 0.875. The predicted octanol–water partition coefficient (Wildman–Crippen LogP) is 3.04. The molecule has 0 amide bonds. The predicted molar refractivity (Wildman–Crippen MR) is 68.0 cm³/mol. The number of aliphatic hydroxyl groups is 1. The molecule has 0 aliphatic carbocycles. The van der Waals surface area contributed by atoms with Crippen molar-refractivity contribution < 1.29 is 9.52 Å². The molecular weight excluding hydrogens is 212 g/mol. The van der Waals surface area contributed by atoms with Crippen LogP contribution in [-0.2, 0) is 12.8 Å². The van der Waals surface area contributed by atoms with E-state index in [4.69, 9.17) is 4.42 Å². The Morgan fingerprint density at radius 3 is 2.41 bits per heavy atom. The lowest BCUT2D eigenvalue weighted by Gasteiger charge is -2.10. The number of rotatable bonds is 4. The van der Waals surface area contributed by atoms with Gasteiger partial charge in [0.1, 0.15) is 5.76 Å². The monoisotopic (exact) mass is 230 g/mol. The molecule has 0 radical (unpaired) electrons. The number of aryl methyl sites for hydroxylation is 2. The maximum atomic E-state index is 10.00. The van der Waals surface area contributed by atoms with Gasteiger partial charge in [0.15, 0.2) is 0 Å². The van der Waals surface area contributed by atoms with Crippen LogP contribution in [0, 0.1) is 13.8 Å². The van der Waals surface area contributed by atoms with Crippen LogP contribution in [0.1, 0.15) is 22.5 Å². The molecule has 0 aliphatic heterocycles.